The number of hydrogen-bond donors (Lipinski definition) is 4. The molecule has 1 rings (SSSR count). The Kier molecular flexibility index (Phi) is 9.81. The van der Waals surface area contributed by atoms with Gasteiger partial charge in [-0.05, 0) is 18.6 Å². The van der Waals surface area contributed by atoms with Gasteiger partial charge in [0.05, 0.1) is 0 Å². The fraction of sp³-hybridized carbons (Fsp3) is 0.562. The second kappa shape index (κ2) is 11.8. The van der Waals surface area contributed by atoms with E-state index in [1.54, 1.807) is 0 Å². The number of urea groups is 1. The average molecular weight is 309 g/mol. The Morgan fingerprint density at radius 2 is 1.91 bits per heavy atom. The van der Waals surface area contributed by atoms with Crippen molar-refractivity contribution in [2.45, 2.75) is 25.9 Å². The molecule has 0 saturated carbocycles. The van der Waals surface area contributed by atoms with Gasteiger partial charge in [0.1, 0.15) is 18.5 Å². The van der Waals surface area contributed by atoms with E-state index in [0.717, 1.165) is 18.6 Å². The van der Waals surface area contributed by atoms with Gasteiger partial charge in [-0.3, -0.25) is 0 Å². The molecule has 0 fully saturated rings. The van der Waals surface area contributed by atoms with Crippen LogP contribution in [0.3, 0.4) is 0 Å². The largest absolute Gasteiger partial charge is 0.491 e. The minimum atomic E-state index is -0.585. The number of amides is 2. The predicted octanol–water partition coefficient (Wildman–Crippen LogP) is 1.12. The lowest BCUT2D eigenvalue weighted by Crippen LogP contribution is -2.41. The van der Waals surface area contributed by atoms with Crippen molar-refractivity contribution in [1.29, 1.82) is 0 Å². The molecular weight excluding hydrogens is 282 g/mol. The number of rotatable bonds is 11. The van der Waals surface area contributed by atoms with E-state index in [0.29, 0.717) is 26.2 Å². The quantitative estimate of drug-likeness (QED) is 0.462. The van der Waals surface area contributed by atoms with Gasteiger partial charge < -0.3 is 25.8 Å². The smallest absolute Gasteiger partial charge is 0.314 e. The molecule has 0 unspecified atom stereocenters. The van der Waals surface area contributed by atoms with Gasteiger partial charge in [-0.25, -0.2) is 4.79 Å². The zero-order valence-electron chi connectivity index (χ0n) is 13.2. The molecule has 0 aliphatic heterocycles. The van der Waals surface area contributed by atoms with Crippen LogP contribution < -0.4 is 20.7 Å². The zero-order valence-corrected chi connectivity index (χ0v) is 13.2. The van der Waals surface area contributed by atoms with Gasteiger partial charge >= 0.3 is 6.03 Å². The summed E-state index contributed by atoms with van der Waals surface area (Å²) >= 11 is 0. The Hall–Kier alpha value is -1.79. The van der Waals surface area contributed by atoms with Crippen molar-refractivity contribution in [1.82, 2.24) is 16.0 Å². The minimum Gasteiger partial charge on any atom is -0.491 e. The molecule has 0 aromatic heterocycles. The van der Waals surface area contributed by atoms with Gasteiger partial charge in [-0.2, -0.15) is 0 Å². The molecule has 22 heavy (non-hydrogen) atoms. The van der Waals surface area contributed by atoms with Crippen LogP contribution >= 0.6 is 0 Å². The molecule has 124 valence electrons. The topological polar surface area (TPSA) is 82.6 Å². The van der Waals surface area contributed by atoms with Gasteiger partial charge in [0.2, 0.25) is 0 Å². The number of ether oxygens (including phenoxy) is 1. The number of para-hydroxylation sites is 1. The van der Waals surface area contributed by atoms with Crippen LogP contribution in [-0.4, -0.2) is 50.0 Å². The van der Waals surface area contributed by atoms with Crippen molar-refractivity contribution < 1.29 is 14.6 Å². The second-order valence-electron chi connectivity index (χ2n) is 5.02. The molecule has 4 N–H and O–H groups in total. The van der Waals surface area contributed by atoms with Gasteiger partial charge in [0.25, 0.3) is 0 Å². The van der Waals surface area contributed by atoms with E-state index in [4.69, 9.17) is 4.74 Å². The summed E-state index contributed by atoms with van der Waals surface area (Å²) in [5, 5.41) is 18.4. The van der Waals surface area contributed by atoms with Gasteiger partial charge in [0.15, 0.2) is 0 Å². The highest BCUT2D eigenvalue weighted by Crippen LogP contribution is 2.08. The van der Waals surface area contributed by atoms with Crippen molar-refractivity contribution in [2.75, 3.05) is 32.8 Å². The molecule has 6 nitrogen and oxygen atoms in total. The second-order valence-corrected chi connectivity index (χ2v) is 5.02. The number of carbonyl (C=O) groups excluding carboxylic acids is 1. The van der Waals surface area contributed by atoms with E-state index >= 15 is 0 Å². The summed E-state index contributed by atoms with van der Waals surface area (Å²) in [6.07, 6.45) is 1.46. The first-order valence-corrected chi connectivity index (χ1v) is 7.80. The highest BCUT2D eigenvalue weighted by atomic mass is 16.5. The summed E-state index contributed by atoms with van der Waals surface area (Å²) in [7, 11) is 0. The number of aliphatic hydroxyl groups is 1. The van der Waals surface area contributed by atoms with Crippen LogP contribution in [0.4, 0.5) is 4.79 Å². The van der Waals surface area contributed by atoms with Crippen LogP contribution in [0.2, 0.25) is 0 Å². The summed E-state index contributed by atoms with van der Waals surface area (Å²) < 4.78 is 5.45. The third kappa shape index (κ3) is 9.20. The Balaban J connectivity index is 1.96. The molecule has 0 aliphatic rings. The Labute approximate surface area is 132 Å². The number of hydrogen-bond acceptors (Lipinski definition) is 4. The van der Waals surface area contributed by atoms with Crippen molar-refractivity contribution in [3.05, 3.63) is 30.3 Å². The van der Waals surface area contributed by atoms with E-state index in [9.17, 15) is 9.90 Å². The zero-order chi connectivity index (χ0) is 16.0. The standard InChI is InChI=1S/C16H27N3O3/c1-2-3-9-18-16(21)19-11-10-17-12-14(20)13-22-15-7-5-4-6-8-15/h4-8,14,17,20H,2-3,9-13H2,1H3,(H2,18,19,21)/t14-/m0/s1. The molecule has 0 saturated heterocycles. The maximum Gasteiger partial charge on any atom is 0.314 e. The Morgan fingerprint density at radius 1 is 1.18 bits per heavy atom. The van der Waals surface area contributed by atoms with Crippen molar-refractivity contribution in [3.63, 3.8) is 0 Å². The maximum absolute atomic E-state index is 11.4. The van der Waals surface area contributed by atoms with E-state index in [-0.39, 0.29) is 12.6 Å². The van der Waals surface area contributed by atoms with E-state index in [1.807, 2.05) is 30.3 Å². The fourth-order valence-electron chi connectivity index (χ4n) is 1.74. The average Bonchev–Trinajstić information content (AvgIpc) is 2.54. The molecule has 6 heteroatoms. The normalized spacial score (nSPS) is 11.7. The molecular formula is C16H27N3O3. The van der Waals surface area contributed by atoms with Crippen molar-refractivity contribution in [2.24, 2.45) is 0 Å². The molecule has 1 aromatic carbocycles. The fourth-order valence-corrected chi connectivity index (χ4v) is 1.74. The first kappa shape index (κ1) is 18.3. The molecule has 0 aliphatic carbocycles. The van der Waals surface area contributed by atoms with Gasteiger partial charge in [0, 0.05) is 26.2 Å². The Morgan fingerprint density at radius 3 is 2.64 bits per heavy atom. The summed E-state index contributed by atoms with van der Waals surface area (Å²) in [6.45, 7) is 4.56. The molecule has 0 bridgehead atoms. The third-order valence-electron chi connectivity index (χ3n) is 2.97. The van der Waals surface area contributed by atoms with Crippen LogP contribution in [0.25, 0.3) is 0 Å². The number of carbonyl (C=O) groups is 1. The summed E-state index contributed by atoms with van der Waals surface area (Å²) in [6, 6.07) is 9.23. The van der Waals surface area contributed by atoms with Gasteiger partial charge in [-0.1, -0.05) is 31.5 Å². The first-order valence-electron chi connectivity index (χ1n) is 7.80. The van der Waals surface area contributed by atoms with Crippen LogP contribution in [0.5, 0.6) is 5.75 Å². The summed E-state index contributed by atoms with van der Waals surface area (Å²) in [5.74, 6) is 0.743. The summed E-state index contributed by atoms with van der Waals surface area (Å²) in [5.41, 5.74) is 0. The van der Waals surface area contributed by atoms with Crippen molar-refractivity contribution in [3.8, 4) is 5.75 Å². The number of aliphatic hydroxyl groups excluding tert-OH is 1. The monoisotopic (exact) mass is 309 g/mol. The number of benzene rings is 1. The lowest BCUT2D eigenvalue weighted by Gasteiger charge is -2.13. The van der Waals surface area contributed by atoms with Crippen molar-refractivity contribution >= 4 is 6.03 Å². The van der Waals surface area contributed by atoms with Crippen LogP contribution in [-0.2, 0) is 0 Å². The lowest BCUT2D eigenvalue weighted by atomic mass is 10.3. The minimum absolute atomic E-state index is 0.150. The Bertz CT molecular complexity index is 401. The molecule has 1 aromatic rings. The van der Waals surface area contributed by atoms with Crippen LogP contribution in [0.15, 0.2) is 30.3 Å². The molecule has 0 heterocycles. The lowest BCUT2D eigenvalue weighted by molar-refractivity contribution is 0.106. The molecule has 1 atom stereocenters. The molecule has 0 radical (unpaired) electrons. The predicted molar refractivity (Wildman–Crippen MR) is 87.1 cm³/mol. The van der Waals surface area contributed by atoms with E-state index in [1.165, 1.54) is 0 Å². The number of nitrogens with one attached hydrogen (secondary N) is 3. The maximum atomic E-state index is 11.4. The molecule has 2 amide bonds. The molecule has 0 spiro atoms. The first-order chi connectivity index (χ1) is 10.7. The highest BCUT2D eigenvalue weighted by molar-refractivity contribution is 5.73. The summed E-state index contributed by atoms with van der Waals surface area (Å²) in [4.78, 5) is 11.4. The SMILES string of the molecule is CCCCNC(=O)NCCNC[C@H](O)COc1ccccc1. The van der Waals surface area contributed by atoms with Crippen LogP contribution in [0.1, 0.15) is 19.8 Å². The van der Waals surface area contributed by atoms with E-state index in [2.05, 4.69) is 22.9 Å². The third-order valence-corrected chi connectivity index (χ3v) is 2.97. The van der Waals surface area contributed by atoms with E-state index < -0.39 is 6.10 Å². The van der Waals surface area contributed by atoms with Gasteiger partial charge in [-0.15, -0.1) is 0 Å². The van der Waals surface area contributed by atoms with Crippen LogP contribution in [0, 0.1) is 0 Å². The highest BCUT2D eigenvalue weighted by Gasteiger charge is 2.04. The number of unbranched alkanes of at least 4 members (excludes halogenated alkanes) is 1.